The van der Waals surface area contributed by atoms with E-state index in [1.807, 2.05) is 6.07 Å². The van der Waals surface area contributed by atoms with Gasteiger partial charge in [-0.25, -0.2) is 4.79 Å². The molecule has 7 nitrogen and oxygen atoms in total. The first-order chi connectivity index (χ1) is 12.3. The Morgan fingerprint density at radius 2 is 1.96 bits per heavy atom. The number of nitrogens with zero attached hydrogens (tertiary/aromatic N) is 1. The van der Waals surface area contributed by atoms with Crippen LogP contribution < -0.4 is 10.6 Å². The normalized spacial score (nSPS) is 16.0. The predicted molar refractivity (Wildman–Crippen MR) is 94.1 cm³/mol. The molecule has 1 aliphatic carbocycles. The maximum Gasteiger partial charge on any atom is 0.355 e. The van der Waals surface area contributed by atoms with E-state index in [0.29, 0.717) is 5.56 Å². The van der Waals surface area contributed by atoms with Crippen LogP contribution in [0.1, 0.15) is 32.3 Å². The minimum absolute atomic E-state index is 0.0678. The number of nitriles is 1. The van der Waals surface area contributed by atoms with Gasteiger partial charge in [0.25, 0.3) is 5.91 Å². The average Bonchev–Trinajstić information content (AvgIpc) is 3.45. The zero-order valence-corrected chi connectivity index (χ0v) is 14.7. The Balaban J connectivity index is 1.98. The number of carbonyl (C=O) groups excluding carboxylic acids is 3. The van der Waals surface area contributed by atoms with Gasteiger partial charge < -0.3 is 15.4 Å². The fourth-order valence-corrected chi connectivity index (χ4v) is 2.47. The second kappa shape index (κ2) is 8.30. The van der Waals surface area contributed by atoms with Gasteiger partial charge in [0.05, 0.1) is 6.07 Å². The molecule has 0 aliphatic heterocycles. The summed E-state index contributed by atoms with van der Waals surface area (Å²) >= 11 is 0. The Morgan fingerprint density at radius 3 is 2.50 bits per heavy atom. The molecule has 1 atom stereocenters. The van der Waals surface area contributed by atoms with E-state index < -0.39 is 29.9 Å². The molecule has 1 fully saturated rings. The second-order valence-corrected chi connectivity index (χ2v) is 6.36. The first-order valence-electron chi connectivity index (χ1n) is 8.28. The van der Waals surface area contributed by atoms with Gasteiger partial charge in [0.1, 0.15) is 11.2 Å². The maximum absolute atomic E-state index is 12.2. The van der Waals surface area contributed by atoms with Gasteiger partial charge in [-0.1, -0.05) is 30.3 Å². The number of hydrogen-bond acceptors (Lipinski definition) is 5. The van der Waals surface area contributed by atoms with Crippen molar-refractivity contribution in [1.82, 2.24) is 10.6 Å². The third-order valence-electron chi connectivity index (χ3n) is 4.00. The number of nitrogens with one attached hydrogen (secondary N) is 2. The minimum Gasteiger partial charge on any atom is -0.451 e. The summed E-state index contributed by atoms with van der Waals surface area (Å²) in [6, 6.07) is 11.0. The quantitative estimate of drug-likeness (QED) is 0.569. The lowest BCUT2D eigenvalue weighted by Gasteiger charge is -2.22. The van der Waals surface area contributed by atoms with Crippen LogP contribution in [0.2, 0.25) is 0 Å². The lowest BCUT2D eigenvalue weighted by molar-refractivity contribution is -0.146. The zero-order chi connectivity index (χ0) is 19.2. The molecule has 136 valence electrons. The highest BCUT2D eigenvalue weighted by molar-refractivity contribution is 5.98. The van der Waals surface area contributed by atoms with Gasteiger partial charge in [0.15, 0.2) is 6.61 Å². The van der Waals surface area contributed by atoms with Crippen LogP contribution in [0.15, 0.2) is 36.0 Å². The van der Waals surface area contributed by atoms with Crippen molar-refractivity contribution in [3.8, 4) is 6.07 Å². The summed E-state index contributed by atoms with van der Waals surface area (Å²) in [4.78, 5) is 35.6. The lowest BCUT2D eigenvalue weighted by Crippen LogP contribution is -2.48. The Hall–Kier alpha value is -3.14. The van der Waals surface area contributed by atoms with Gasteiger partial charge in [-0.15, -0.1) is 0 Å². The smallest absolute Gasteiger partial charge is 0.355 e. The molecule has 26 heavy (non-hydrogen) atoms. The van der Waals surface area contributed by atoms with E-state index >= 15 is 0 Å². The number of hydrogen-bond donors (Lipinski definition) is 2. The van der Waals surface area contributed by atoms with E-state index in [1.54, 1.807) is 31.2 Å². The van der Waals surface area contributed by atoms with E-state index in [1.165, 1.54) is 13.0 Å². The van der Waals surface area contributed by atoms with Gasteiger partial charge in [0, 0.05) is 6.92 Å². The third-order valence-corrected chi connectivity index (χ3v) is 4.00. The number of amides is 2. The van der Waals surface area contributed by atoms with Crippen LogP contribution in [-0.4, -0.2) is 29.9 Å². The van der Waals surface area contributed by atoms with Crippen molar-refractivity contribution in [2.45, 2.75) is 32.2 Å². The molecule has 0 unspecified atom stereocenters. The van der Waals surface area contributed by atoms with Crippen LogP contribution in [0.25, 0.3) is 6.08 Å². The van der Waals surface area contributed by atoms with Gasteiger partial charge in [-0.3, -0.25) is 9.59 Å². The molecule has 0 bridgehead atoms. The van der Waals surface area contributed by atoms with Crippen LogP contribution in [0.4, 0.5) is 0 Å². The van der Waals surface area contributed by atoms with Crippen molar-refractivity contribution in [2.75, 3.05) is 6.61 Å². The molecule has 0 saturated heterocycles. The molecule has 2 N–H and O–H groups in total. The second-order valence-electron chi connectivity index (χ2n) is 6.36. The summed E-state index contributed by atoms with van der Waals surface area (Å²) in [5, 5.41) is 14.3. The molecule has 0 spiro atoms. The lowest BCUT2D eigenvalue weighted by atomic mass is 9.98. The Labute approximate surface area is 152 Å². The topological polar surface area (TPSA) is 108 Å². The summed E-state index contributed by atoms with van der Waals surface area (Å²) in [5.74, 6) is -1.69. The monoisotopic (exact) mass is 355 g/mol. The Morgan fingerprint density at radius 1 is 1.31 bits per heavy atom. The summed E-state index contributed by atoms with van der Waals surface area (Å²) in [6.45, 7) is 2.39. The molecule has 0 radical (unpaired) electrons. The van der Waals surface area contributed by atoms with Crippen molar-refractivity contribution in [2.24, 2.45) is 5.92 Å². The van der Waals surface area contributed by atoms with Crippen LogP contribution in [-0.2, 0) is 19.1 Å². The first-order valence-corrected chi connectivity index (χ1v) is 8.28. The van der Waals surface area contributed by atoms with E-state index in [-0.39, 0.29) is 11.6 Å². The average molecular weight is 355 g/mol. The summed E-state index contributed by atoms with van der Waals surface area (Å²) in [6.07, 6.45) is 3.23. The number of esters is 1. The highest BCUT2D eigenvalue weighted by Gasteiger charge is 2.43. The molecule has 1 aromatic carbocycles. The van der Waals surface area contributed by atoms with E-state index in [4.69, 9.17) is 4.74 Å². The molecule has 7 heteroatoms. The molecule has 1 aliphatic rings. The van der Waals surface area contributed by atoms with Gasteiger partial charge in [0.2, 0.25) is 5.91 Å². The van der Waals surface area contributed by atoms with Crippen LogP contribution in [0.5, 0.6) is 0 Å². The fraction of sp³-hybridized carbons (Fsp3) is 0.368. The van der Waals surface area contributed by atoms with Crippen molar-refractivity contribution in [1.29, 1.82) is 5.26 Å². The Kier molecular flexibility index (Phi) is 6.12. The van der Waals surface area contributed by atoms with E-state index in [0.717, 1.165) is 12.8 Å². The minimum atomic E-state index is -0.955. The fourth-order valence-electron chi connectivity index (χ4n) is 2.47. The molecule has 2 amide bonds. The van der Waals surface area contributed by atoms with Crippen molar-refractivity contribution in [3.05, 3.63) is 41.6 Å². The van der Waals surface area contributed by atoms with Crippen molar-refractivity contribution in [3.63, 3.8) is 0 Å². The molecular formula is C19H21N3O4. The molecular weight excluding hydrogens is 334 g/mol. The van der Waals surface area contributed by atoms with Gasteiger partial charge in [-0.2, -0.15) is 5.26 Å². The number of carbonyl (C=O) groups is 3. The zero-order valence-electron chi connectivity index (χ0n) is 14.7. The molecule has 0 aromatic heterocycles. The maximum atomic E-state index is 12.2. The summed E-state index contributed by atoms with van der Waals surface area (Å²) in [7, 11) is 0. The SMILES string of the molecule is CC(=O)N/C(=C\c1ccccc1)C(=O)OCC(=O)N[C@](C)(C#N)C1CC1. The largest absolute Gasteiger partial charge is 0.451 e. The van der Waals surface area contributed by atoms with Gasteiger partial charge >= 0.3 is 5.97 Å². The number of ether oxygens (including phenoxy) is 1. The highest BCUT2D eigenvalue weighted by atomic mass is 16.5. The van der Waals surface area contributed by atoms with Crippen molar-refractivity contribution >= 4 is 23.9 Å². The van der Waals surface area contributed by atoms with Crippen LogP contribution in [0, 0.1) is 17.2 Å². The van der Waals surface area contributed by atoms with Crippen LogP contribution in [0.3, 0.4) is 0 Å². The molecule has 1 saturated carbocycles. The summed E-state index contributed by atoms with van der Waals surface area (Å²) < 4.78 is 4.99. The molecule has 2 rings (SSSR count). The van der Waals surface area contributed by atoms with Crippen LogP contribution >= 0.6 is 0 Å². The number of benzene rings is 1. The third kappa shape index (κ3) is 5.45. The van der Waals surface area contributed by atoms with Crippen molar-refractivity contribution < 1.29 is 19.1 Å². The predicted octanol–water partition coefficient (Wildman–Crippen LogP) is 1.52. The van der Waals surface area contributed by atoms with Gasteiger partial charge in [-0.05, 0) is 37.3 Å². The van der Waals surface area contributed by atoms with E-state index in [2.05, 4.69) is 16.7 Å². The molecule has 1 aromatic rings. The standard InChI is InChI=1S/C19H21N3O4/c1-13(23)21-16(10-14-6-4-3-5-7-14)18(25)26-11-17(24)22-19(2,12-20)15-8-9-15/h3-7,10,15H,8-9,11H2,1-2H3,(H,21,23)(H,22,24)/b16-10-/t19-/m1/s1. The van der Waals surface area contributed by atoms with E-state index in [9.17, 15) is 19.6 Å². The highest BCUT2D eigenvalue weighted by Crippen LogP contribution is 2.39. The molecule has 0 heterocycles. The summed E-state index contributed by atoms with van der Waals surface area (Å²) in [5.41, 5.74) is -0.325. The first kappa shape index (κ1) is 19.2. The Bertz CT molecular complexity index is 763. The number of rotatable bonds is 7.